The second-order valence-electron chi connectivity index (χ2n) is 6.06. The van der Waals surface area contributed by atoms with Crippen LogP contribution in [0.15, 0.2) is 12.1 Å². The molecule has 1 aromatic rings. The topological polar surface area (TPSA) is 26.0 Å². The van der Waals surface area contributed by atoms with E-state index in [9.17, 15) is 13.2 Å². The van der Waals surface area contributed by atoms with Crippen LogP contribution in [0.1, 0.15) is 43.7 Å². The van der Waals surface area contributed by atoms with Gasteiger partial charge in [-0.3, -0.25) is 0 Å². The Kier molecular flexibility index (Phi) is 3.29. The highest BCUT2D eigenvalue weighted by molar-refractivity contribution is 5.24. The summed E-state index contributed by atoms with van der Waals surface area (Å²) in [6, 6.07) is 0.739. The predicted molar refractivity (Wildman–Crippen MR) is 66.8 cm³/mol. The summed E-state index contributed by atoms with van der Waals surface area (Å²) in [4.78, 5) is 0. The van der Waals surface area contributed by atoms with E-state index in [1.807, 2.05) is 0 Å². The zero-order valence-corrected chi connectivity index (χ0v) is 10.7. The van der Waals surface area contributed by atoms with Crippen molar-refractivity contribution in [1.82, 2.24) is 0 Å². The van der Waals surface area contributed by atoms with E-state index in [2.05, 4.69) is 0 Å². The highest BCUT2D eigenvalue weighted by Crippen LogP contribution is 2.50. The summed E-state index contributed by atoms with van der Waals surface area (Å²) in [5.74, 6) is -0.711. The van der Waals surface area contributed by atoms with Crippen LogP contribution in [-0.4, -0.2) is 0 Å². The van der Waals surface area contributed by atoms with Gasteiger partial charge in [0.1, 0.15) is 17.5 Å². The van der Waals surface area contributed by atoms with Gasteiger partial charge in [-0.1, -0.05) is 6.42 Å². The maximum absolute atomic E-state index is 13.7. The van der Waals surface area contributed by atoms with Crippen LogP contribution in [0.2, 0.25) is 0 Å². The van der Waals surface area contributed by atoms with E-state index in [4.69, 9.17) is 5.73 Å². The Morgan fingerprint density at radius 2 is 1.79 bits per heavy atom. The van der Waals surface area contributed by atoms with Gasteiger partial charge in [-0.05, 0) is 43.4 Å². The fourth-order valence-corrected chi connectivity index (χ4v) is 4.02. The molecule has 19 heavy (non-hydrogen) atoms. The van der Waals surface area contributed by atoms with Crippen LogP contribution in [0.25, 0.3) is 0 Å². The van der Waals surface area contributed by atoms with Gasteiger partial charge < -0.3 is 5.73 Å². The van der Waals surface area contributed by atoms with Crippen LogP contribution in [0.5, 0.6) is 0 Å². The van der Waals surface area contributed by atoms with Crippen LogP contribution in [0.4, 0.5) is 13.2 Å². The number of nitrogens with two attached hydrogens (primary N) is 1. The fourth-order valence-electron chi connectivity index (χ4n) is 4.02. The lowest BCUT2D eigenvalue weighted by Crippen LogP contribution is -2.21. The van der Waals surface area contributed by atoms with E-state index < -0.39 is 23.5 Å². The van der Waals surface area contributed by atoms with E-state index in [-0.39, 0.29) is 5.56 Å². The van der Waals surface area contributed by atoms with Crippen molar-refractivity contribution in [2.45, 2.75) is 38.1 Å². The van der Waals surface area contributed by atoms with Gasteiger partial charge in [0.05, 0.1) is 0 Å². The second kappa shape index (κ2) is 4.82. The lowest BCUT2D eigenvalue weighted by atomic mass is 9.83. The summed E-state index contributed by atoms with van der Waals surface area (Å²) in [5, 5.41) is 0. The van der Waals surface area contributed by atoms with Crippen molar-refractivity contribution in [2.24, 2.45) is 23.5 Å². The second-order valence-corrected chi connectivity index (χ2v) is 6.06. The van der Waals surface area contributed by atoms with Crippen molar-refractivity contribution >= 4 is 0 Å². The molecule has 0 heterocycles. The first-order valence-electron chi connectivity index (χ1n) is 6.94. The molecule has 3 rings (SSSR count). The average Bonchev–Trinajstić information content (AvgIpc) is 2.89. The van der Waals surface area contributed by atoms with E-state index >= 15 is 0 Å². The predicted octanol–water partition coefficient (Wildman–Crippen LogP) is 3.93. The van der Waals surface area contributed by atoms with Crippen molar-refractivity contribution in [1.29, 1.82) is 0 Å². The van der Waals surface area contributed by atoms with Crippen molar-refractivity contribution in [2.75, 3.05) is 0 Å². The molecule has 4 heteroatoms. The molecular formula is C15H18F3N. The maximum Gasteiger partial charge on any atom is 0.133 e. The van der Waals surface area contributed by atoms with Gasteiger partial charge in [0, 0.05) is 23.7 Å². The standard InChI is InChI=1S/C15H18F3N/c16-11-6-12(17)15(13(18)7-11)14(19)5-10-4-8-1-2-9(10)3-8/h6-10,14H,1-5,19H2. The van der Waals surface area contributed by atoms with E-state index in [0.29, 0.717) is 30.4 Å². The minimum atomic E-state index is -0.897. The molecule has 0 saturated heterocycles. The minimum absolute atomic E-state index is 0.163. The first-order valence-corrected chi connectivity index (χ1v) is 6.94. The van der Waals surface area contributed by atoms with E-state index in [1.165, 1.54) is 19.3 Å². The zero-order valence-electron chi connectivity index (χ0n) is 10.7. The van der Waals surface area contributed by atoms with Crippen LogP contribution >= 0.6 is 0 Å². The van der Waals surface area contributed by atoms with E-state index in [0.717, 1.165) is 12.3 Å². The summed E-state index contributed by atoms with van der Waals surface area (Å²) in [7, 11) is 0. The minimum Gasteiger partial charge on any atom is -0.324 e. The molecule has 2 N–H and O–H groups in total. The van der Waals surface area contributed by atoms with Crippen LogP contribution in [-0.2, 0) is 0 Å². The quantitative estimate of drug-likeness (QED) is 0.884. The van der Waals surface area contributed by atoms with Gasteiger partial charge in [-0.25, -0.2) is 13.2 Å². The molecule has 0 spiro atoms. The summed E-state index contributed by atoms with van der Waals surface area (Å²) < 4.78 is 40.2. The maximum atomic E-state index is 13.7. The summed E-state index contributed by atoms with van der Waals surface area (Å²) in [6.07, 6.45) is 5.47. The molecule has 0 amide bonds. The third-order valence-electron chi connectivity index (χ3n) is 4.86. The molecule has 2 aliphatic carbocycles. The van der Waals surface area contributed by atoms with Gasteiger partial charge in [0.15, 0.2) is 0 Å². The molecule has 0 aromatic heterocycles. The Labute approximate surface area is 111 Å². The highest BCUT2D eigenvalue weighted by Gasteiger charge is 2.40. The number of hydrogen-bond acceptors (Lipinski definition) is 1. The largest absolute Gasteiger partial charge is 0.324 e. The molecule has 2 bridgehead atoms. The summed E-state index contributed by atoms with van der Waals surface area (Å²) in [5.41, 5.74) is 5.79. The Morgan fingerprint density at radius 3 is 2.32 bits per heavy atom. The monoisotopic (exact) mass is 269 g/mol. The fraction of sp³-hybridized carbons (Fsp3) is 0.600. The summed E-state index contributed by atoms with van der Waals surface area (Å²) in [6.45, 7) is 0. The number of hydrogen-bond donors (Lipinski definition) is 1. The molecule has 1 nitrogen and oxygen atoms in total. The lowest BCUT2D eigenvalue weighted by Gasteiger charge is -2.25. The Morgan fingerprint density at radius 1 is 1.11 bits per heavy atom. The van der Waals surface area contributed by atoms with Gasteiger partial charge in [-0.15, -0.1) is 0 Å². The van der Waals surface area contributed by atoms with Crippen LogP contribution < -0.4 is 5.73 Å². The normalized spacial score (nSPS) is 30.8. The Hall–Kier alpha value is -1.03. The average molecular weight is 269 g/mol. The highest BCUT2D eigenvalue weighted by atomic mass is 19.1. The Bertz CT molecular complexity index is 465. The van der Waals surface area contributed by atoms with Crippen molar-refractivity contribution in [3.63, 3.8) is 0 Å². The van der Waals surface area contributed by atoms with Crippen LogP contribution in [0, 0.1) is 35.2 Å². The molecular weight excluding hydrogens is 251 g/mol. The van der Waals surface area contributed by atoms with Gasteiger partial charge in [-0.2, -0.15) is 0 Å². The SMILES string of the molecule is NC(CC1CC2CCC1C2)c1c(F)cc(F)cc1F. The molecule has 104 valence electrons. The van der Waals surface area contributed by atoms with Crippen molar-refractivity contribution < 1.29 is 13.2 Å². The molecule has 2 saturated carbocycles. The zero-order chi connectivity index (χ0) is 13.6. The molecule has 0 aliphatic heterocycles. The molecule has 4 atom stereocenters. The number of benzene rings is 1. The third-order valence-corrected chi connectivity index (χ3v) is 4.86. The number of rotatable bonds is 3. The molecule has 2 fully saturated rings. The van der Waals surface area contributed by atoms with Crippen molar-refractivity contribution in [3.8, 4) is 0 Å². The summed E-state index contributed by atoms with van der Waals surface area (Å²) >= 11 is 0. The van der Waals surface area contributed by atoms with Gasteiger partial charge in [0.25, 0.3) is 0 Å². The molecule has 0 radical (unpaired) electrons. The van der Waals surface area contributed by atoms with E-state index in [1.54, 1.807) is 0 Å². The first kappa shape index (κ1) is 13.0. The lowest BCUT2D eigenvalue weighted by molar-refractivity contribution is 0.291. The smallest absolute Gasteiger partial charge is 0.133 e. The molecule has 4 unspecified atom stereocenters. The Balaban J connectivity index is 1.75. The van der Waals surface area contributed by atoms with Gasteiger partial charge >= 0.3 is 0 Å². The third kappa shape index (κ3) is 2.38. The molecule has 2 aliphatic rings. The van der Waals surface area contributed by atoms with Crippen molar-refractivity contribution in [3.05, 3.63) is 35.1 Å². The first-order chi connectivity index (χ1) is 9.04. The van der Waals surface area contributed by atoms with Crippen LogP contribution in [0.3, 0.4) is 0 Å². The number of fused-ring (bicyclic) bond motifs is 2. The molecule has 1 aromatic carbocycles. The number of halogens is 3. The van der Waals surface area contributed by atoms with Gasteiger partial charge in [0.2, 0.25) is 0 Å².